The highest BCUT2D eigenvalue weighted by molar-refractivity contribution is 5.94. The van der Waals surface area contributed by atoms with Crippen LogP contribution in [0.3, 0.4) is 0 Å². The number of rotatable bonds is 6. The second kappa shape index (κ2) is 20.1. The van der Waals surface area contributed by atoms with Crippen molar-refractivity contribution in [3.8, 4) is 0 Å². The van der Waals surface area contributed by atoms with Gasteiger partial charge in [0.25, 0.3) is 23.6 Å². The van der Waals surface area contributed by atoms with Gasteiger partial charge in [0.15, 0.2) is 24.4 Å². The molecule has 0 aliphatic carbocycles. The first-order chi connectivity index (χ1) is 23.9. The Morgan fingerprint density at radius 1 is 0.346 bits per heavy atom. The molecule has 1 aliphatic rings. The molecule has 296 valence electrons. The lowest BCUT2D eigenvalue weighted by atomic mass is 10.0. The van der Waals surface area contributed by atoms with Crippen LogP contribution < -0.4 is 21.3 Å². The van der Waals surface area contributed by atoms with Crippen LogP contribution in [0.4, 0.5) is 0 Å². The standard InChI is InChI=1S/C36H60N4O12/c1-15(2)23-33(45)49-21(13)29(41)37-26(18(7)8)36(48)52-28(20(11)12)32(44)40-24(16(3)4)34(46)50-22(14)30(42)38-25(17(5)6)35(47)51-27(19(9)10)31(43)39-23/h15-28H,1-14H3,(H,37,41)(H,38,42)(H,39,43)(H,40,44)/t21-,22?,23?,24?,25-,26-,27+,28?/m1/s1. The van der Waals surface area contributed by atoms with E-state index in [0.29, 0.717) is 0 Å². The molecule has 52 heavy (non-hydrogen) atoms. The van der Waals surface area contributed by atoms with Gasteiger partial charge in [-0.15, -0.1) is 0 Å². The molecule has 1 aliphatic heterocycles. The minimum absolute atomic E-state index is 0.534. The number of nitrogens with one attached hydrogen (secondary N) is 4. The molecule has 16 heteroatoms. The Morgan fingerprint density at radius 3 is 0.769 bits per heavy atom. The van der Waals surface area contributed by atoms with Crippen LogP contribution in [0, 0.1) is 35.5 Å². The molecular weight excluding hydrogens is 680 g/mol. The van der Waals surface area contributed by atoms with E-state index in [2.05, 4.69) is 21.3 Å². The topological polar surface area (TPSA) is 222 Å². The first-order valence-electron chi connectivity index (χ1n) is 17.9. The average molecular weight is 741 g/mol. The molecule has 0 aromatic rings. The van der Waals surface area contributed by atoms with Crippen molar-refractivity contribution < 1.29 is 57.3 Å². The number of esters is 4. The Hall–Kier alpha value is -4.24. The predicted octanol–water partition coefficient (Wildman–Crippen LogP) is 1.56. The van der Waals surface area contributed by atoms with E-state index in [4.69, 9.17) is 18.9 Å². The predicted molar refractivity (Wildman–Crippen MR) is 188 cm³/mol. The van der Waals surface area contributed by atoms with Crippen LogP contribution in [0.25, 0.3) is 0 Å². The number of hydrogen-bond donors (Lipinski definition) is 4. The van der Waals surface area contributed by atoms with E-state index in [0.717, 1.165) is 0 Å². The quantitative estimate of drug-likeness (QED) is 0.225. The monoisotopic (exact) mass is 740 g/mol. The van der Waals surface area contributed by atoms with Crippen LogP contribution in [0.2, 0.25) is 0 Å². The smallest absolute Gasteiger partial charge is 0.329 e. The van der Waals surface area contributed by atoms with E-state index in [1.807, 2.05) is 0 Å². The lowest BCUT2D eigenvalue weighted by Gasteiger charge is -2.30. The lowest BCUT2D eigenvalue weighted by molar-refractivity contribution is -0.167. The Kier molecular flexibility index (Phi) is 17.7. The SMILES string of the molecule is CC1OC(=O)C(C(C)C)NC(=O)C(C(C)C)OC(=O)[C@@H](C(C)C)NC(=O)[C@@H](C)OC(=O)C(C(C)C)NC(=O)[C@H](C(C)C)OC(=O)[C@@H](C(C)C)NC1=O. The van der Waals surface area contributed by atoms with Gasteiger partial charge in [0.1, 0.15) is 24.2 Å². The molecule has 1 rings (SSSR count). The normalized spacial score (nSPS) is 28.8. The number of amides is 4. The minimum Gasteiger partial charge on any atom is -0.451 e. The van der Waals surface area contributed by atoms with Crippen LogP contribution >= 0.6 is 0 Å². The summed E-state index contributed by atoms with van der Waals surface area (Å²) in [5, 5.41) is 10.1. The van der Waals surface area contributed by atoms with Gasteiger partial charge in [-0.05, 0) is 49.4 Å². The van der Waals surface area contributed by atoms with E-state index in [9.17, 15) is 38.4 Å². The summed E-state index contributed by atoms with van der Waals surface area (Å²) < 4.78 is 22.0. The zero-order valence-corrected chi connectivity index (χ0v) is 33.0. The summed E-state index contributed by atoms with van der Waals surface area (Å²) in [5.74, 6) is -10.4. The van der Waals surface area contributed by atoms with Gasteiger partial charge >= 0.3 is 23.9 Å². The lowest BCUT2D eigenvalue weighted by Crippen LogP contribution is -2.56. The summed E-state index contributed by atoms with van der Waals surface area (Å²) in [5.41, 5.74) is 0. The third-order valence-electron chi connectivity index (χ3n) is 8.41. The molecule has 0 aromatic carbocycles. The first kappa shape index (κ1) is 45.8. The summed E-state index contributed by atoms with van der Waals surface area (Å²) >= 11 is 0. The van der Waals surface area contributed by atoms with Crippen LogP contribution in [0.15, 0.2) is 0 Å². The second-order valence-electron chi connectivity index (χ2n) is 15.3. The van der Waals surface area contributed by atoms with Gasteiger partial charge in [-0.25, -0.2) is 19.2 Å². The van der Waals surface area contributed by atoms with E-state index >= 15 is 0 Å². The highest BCUT2D eigenvalue weighted by Gasteiger charge is 2.40. The summed E-state index contributed by atoms with van der Waals surface area (Å²) in [6.45, 7) is 22.1. The van der Waals surface area contributed by atoms with Crippen molar-refractivity contribution in [1.29, 1.82) is 0 Å². The van der Waals surface area contributed by atoms with Crippen molar-refractivity contribution in [3.63, 3.8) is 0 Å². The third-order valence-corrected chi connectivity index (χ3v) is 8.41. The van der Waals surface area contributed by atoms with Crippen LogP contribution in [-0.4, -0.2) is 96.1 Å². The molecule has 1 fully saturated rings. The fourth-order valence-electron chi connectivity index (χ4n) is 4.99. The molecule has 1 saturated heterocycles. The van der Waals surface area contributed by atoms with E-state index in [-0.39, 0.29) is 0 Å². The largest absolute Gasteiger partial charge is 0.451 e. The number of carbonyl (C=O) groups excluding carboxylic acids is 8. The van der Waals surface area contributed by atoms with Gasteiger partial charge < -0.3 is 40.2 Å². The highest BCUT2D eigenvalue weighted by Crippen LogP contribution is 2.17. The Balaban J connectivity index is 3.68. The molecule has 0 saturated carbocycles. The Labute approximate surface area is 306 Å². The molecule has 8 atom stereocenters. The molecule has 1 heterocycles. The van der Waals surface area contributed by atoms with Gasteiger partial charge in [-0.3, -0.25) is 19.2 Å². The zero-order valence-electron chi connectivity index (χ0n) is 33.0. The van der Waals surface area contributed by atoms with E-state index in [1.165, 1.54) is 13.8 Å². The number of cyclic esters (lactones) is 4. The van der Waals surface area contributed by atoms with Crippen LogP contribution in [0.5, 0.6) is 0 Å². The fraction of sp³-hybridized carbons (Fsp3) is 0.778. The highest BCUT2D eigenvalue weighted by atomic mass is 16.6. The molecule has 16 nitrogen and oxygen atoms in total. The van der Waals surface area contributed by atoms with Crippen molar-refractivity contribution in [3.05, 3.63) is 0 Å². The van der Waals surface area contributed by atoms with Crippen molar-refractivity contribution in [2.75, 3.05) is 0 Å². The van der Waals surface area contributed by atoms with Gasteiger partial charge in [0.05, 0.1) is 0 Å². The fourth-order valence-corrected chi connectivity index (χ4v) is 4.99. The summed E-state index contributed by atoms with van der Waals surface area (Å²) in [6, 6.07) is -5.07. The van der Waals surface area contributed by atoms with Gasteiger partial charge in [-0.2, -0.15) is 0 Å². The number of carbonyl (C=O) groups is 8. The van der Waals surface area contributed by atoms with E-state index in [1.54, 1.807) is 83.1 Å². The molecular formula is C36H60N4O12. The zero-order chi connectivity index (χ0) is 40.4. The average Bonchev–Trinajstić information content (AvgIpc) is 3.02. The van der Waals surface area contributed by atoms with Gasteiger partial charge in [0.2, 0.25) is 0 Å². The van der Waals surface area contributed by atoms with Crippen LogP contribution in [0.1, 0.15) is 96.9 Å². The number of ether oxygens (including phenoxy) is 4. The molecule has 4 unspecified atom stereocenters. The molecule has 0 aromatic heterocycles. The minimum atomic E-state index is -1.43. The van der Waals surface area contributed by atoms with E-state index < -0.39 is 132 Å². The third kappa shape index (κ3) is 13.1. The Bertz CT molecular complexity index is 1200. The van der Waals surface area contributed by atoms with Crippen molar-refractivity contribution in [2.45, 2.75) is 146 Å². The van der Waals surface area contributed by atoms with Crippen molar-refractivity contribution >= 4 is 47.5 Å². The Morgan fingerprint density at radius 2 is 0.558 bits per heavy atom. The maximum Gasteiger partial charge on any atom is 0.329 e. The first-order valence-corrected chi connectivity index (χ1v) is 17.9. The molecule has 0 bridgehead atoms. The number of hydrogen-bond acceptors (Lipinski definition) is 12. The maximum absolute atomic E-state index is 13.5. The summed E-state index contributed by atoms with van der Waals surface area (Å²) in [7, 11) is 0. The van der Waals surface area contributed by atoms with Gasteiger partial charge in [0, 0.05) is 0 Å². The molecule has 4 amide bonds. The summed E-state index contributed by atoms with van der Waals surface area (Å²) in [4.78, 5) is 107. The van der Waals surface area contributed by atoms with Gasteiger partial charge in [-0.1, -0.05) is 83.1 Å². The maximum atomic E-state index is 13.5. The van der Waals surface area contributed by atoms with Crippen LogP contribution in [-0.2, 0) is 57.3 Å². The molecule has 4 N–H and O–H groups in total. The molecule has 0 radical (unpaired) electrons. The summed E-state index contributed by atoms with van der Waals surface area (Å²) in [6.07, 6.45) is -5.65. The van der Waals surface area contributed by atoms with Crippen molar-refractivity contribution in [2.24, 2.45) is 35.5 Å². The van der Waals surface area contributed by atoms with Crippen molar-refractivity contribution in [1.82, 2.24) is 21.3 Å². The second-order valence-corrected chi connectivity index (χ2v) is 15.3. The molecule has 0 spiro atoms.